The Hall–Kier alpha value is -0.930. The zero-order chi connectivity index (χ0) is 15.8. The molecule has 0 fully saturated rings. The molecule has 21 heavy (non-hydrogen) atoms. The second-order valence-corrected chi connectivity index (χ2v) is 5.64. The molecule has 1 rings (SSSR count). The first-order valence-corrected chi connectivity index (χ1v) is 8.15. The molecule has 0 saturated heterocycles. The maximum absolute atomic E-state index is 6.49. The summed E-state index contributed by atoms with van der Waals surface area (Å²) in [6.45, 7) is 7.60. The Morgan fingerprint density at radius 2 is 1.62 bits per heavy atom. The maximum atomic E-state index is 6.49. The largest absolute Gasteiger partial charge is 0.493 e. The van der Waals surface area contributed by atoms with E-state index in [9.17, 15) is 0 Å². The molecule has 0 bridgehead atoms. The molecule has 0 aliphatic heterocycles. The van der Waals surface area contributed by atoms with E-state index < -0.39 is 0 Å². The van der Waals surface area contributed by atoms with Gasteiger partial charge in [0.1, 0.15) is 0 Å². The van der Waals surface area contributed by atoms with Crippen molar-refractivity contribution in [3.63, 3.8) is 0 Å². The van der Waals surface area contributed by atoms with Gasteiger partial charge in [-0.15, -0.1) is 0 Å². The Kier molecular flexibility index (Phi) is 7.91. The van der Waals surface area contributed by atoms with E-state index in [2.05, 4.69) is 26.1 Å². The van der Waals surface area contributed by atoms with Gasteiger partial charge >= 0.3 is 0 Å². The number of methoxy groups -OCH3 is 2. The van der Waals surface area contributed by atoms with Crippen LogP contribution < -0.4 is 14.8 Å². The van der Waals surface area contributed by atoms with Crippen LogP contribution in [0.3, 0.4) is 0 Å². The molecular weight excluding hydrogens is 286 g/mol. The van der Waals surface area contributed by atoms with Gasteiger partial charge in [-0.2, -0.15) is 0 Å². The van der Waals surface area contributed by atoms with Crippen LogP contribution >= 0.6 is 11.6 Å². The van der Waals surface area contributed by atoms with Crippen LogP contribution in [0.4, 0.5) is 0 Å². The standard InChI is InChI=1S/C17H28ClNO2/c1-6-9-19-17(12(7-2)8-3)13-10-15(20-4)16(21-5)11-14(13)18/h10-12,17,19H,6-9H2,1-5H3. The fourth-order valence-corrected chi connectivity index (χ4v) is 2.97. The quantitative estimate of drug-likeness (QED) is 0.708. The summed E-state index contributed by atoms with van der Waals surface area (Å²) in [4.78, 5) is 0. The van der Waals surface area contributed by atoms with E-state index in [0.29, 0.717) is 11.7 Å². The molecule has 120 valence electrons. The van der Waals surface area contributed by atoms with Gasteiger partial charge in [0.2, 0.25) is 0 Å². The smallest absolute Gasteiger partial charge is 0.162 e. The van der Waals surface area contributed by atoms with Crippen molar-refractivity contribution in [1.29, 1.82) is 0 Å². The Labute approximate surface area is 134 Å². The predicted octanol–water partition coefficient (Wildman–Crippen LogP) is 4.83. The van der Waals surface area contributed by atoms with Gasteiger partial charge in [0.05, 0.1) is 14.2 Å². The van der Waals surface area contributed by atoms with Crippen LogP contribution in [0.15, 0.2) is 12.1 Å². The maximum Gasteiger partial charge on any atom is 0.162 e. The summed E-state index contributed by atoms with van der Waals surface area (Å²) in [7, 11) is 3.28. The molecule has 3 nitrogen and oxygen atoms in total. The molecular formula is C17H28ClNO2. The normalized spacial score (nSPS) is 12.5. The van der Waals surface area contributed by atoms with Crippen molar-refractivity contribution in [3.05, 3.63) is 22.7 Å². The minimum Gasteiger partial charge on any atom is -0.493 e. The summed E-state index contributed by atoms with van der Waals surface area (Å²) in [6, 6.07) is 4.10. The van der Waals surface area contributed by atoms with Crippen molar-refractivity contribution >= 4 is 11.6 Å². The number of hydrogen-bond acceptors (Lipinski definition) is 3. The van der Waals surface area contributed by atoms with E-state index in [1.807, 2.05) is 12.1 Å². The summed E-state index contributed by atoms with van der Waals surface area (Å²) < 4.78 is 10.7. The molecule has 1 aromatic carbocycles. The lowest BCUT2D eigenvalue weighted by Gasteiger charge is -2.28. The topological polar surface area (TPSA) is 30.5 Å². The van der Waals surface area contributed by atoms with Gasteiger partial charge in [-0.1, -0.05) is 45.2 Å². The first kappa shape index (κ1) is 18.1. The number of rotatable bonds is 9. The first-order chi connectivity index (χ1) is 10.1. The van der Waals surface area contributed by atoms with Gasteiger partial charge in [-0.05, 0) is 30.5 Å². The van der Waals surface area contributed by atoms with Crippen molar-refractivity contribution < 1.29 is 9.47 Å². The summed E-state index contributed by atoms with van der Waals surface area (Å²) in [5.41, 5.74) is 1.09. The minimum atomic E-state index is 0.243. The Morgan fingerprint density at radius 3 is 2.10 bits per heavy atom. The average Bonchev–Trinajstić information content (AvgIpc) is 2.51. The van der Waals surface area contributed by atoms with Crippen LogP contribution in [0.2, 0.25) is 5.02 Å². The zero-order valence-electron chi connectivity index (χ0n) is 13.8. The molecule has 0 aliphatic rings. The van der Waals surface area contributed by atoms with Crippen molar-refractivity contribution in [3.8, 4) is 11.5 Å². The number of halogens is 1. The lowest BCUT2D eigenvalue weighted by molar-refractivity contribution is 0.334. The molecule has 0 radical (unpaired) electrons. The monoisotopic (exact) mass is 313 g/mol. The van der Waals surface area contributed by atoms with E-state index in [0.717, 1.165) is 42.1 Å². The summed E-state index contributed by atoms with van der Waals surface area (Å²) >= 11 is 6.49. The van der Waals surface area contributed by atoms with Crippen molar-refractivity contribution in [2.24, 2.45) is 5.92 Å². The predicted molar refractivity (Wildman–Crippen MR) is 89.7 cm³/mol. The first-order valence-electron chi connectivity index (χ1n) is 7.77. The third-order valence-electron chi connectivity index (χ3n) is 3.97. The molecule has 0 aliphatic carbocycles. The number of benzene rings is 1. The Bertz CT molecular complexity index is 433. The highest BCUT2D eigenvalue weighted by Crippen LogP contribution is 2.39. The highest BCUT2D eigenvalue weighted by molar-refractivity contribution is 6.31. The van der Waals surface area contributed by atoms with Gasteiger partial charge in [0, 0.05) is 17.1 Å². The Balaban J connectivity index is 3.22. The average molecular weight is 314 g/mol. The summed E-state index contributed by atoms with van der Waals surface area (Å²) in [5, 5.41) is 4.37. The third kappa shape index (κ3) is 4.52. The molecule has 1 atom stereocenters. The van der Waals surface area contributed by atoms with Crippen LogP contribution in [0.25, 0.3) is 0 Å². The molecule has 1 aromatic rings. The van der Waals surface area contributed by atoms with Crippen LogP contribution in [-0.4, -0.2) is 20.8 Å². The van der Waals surface area contributed by atoms with Gasteiger partial charge in [0.15, 0.2) is 11.5 Å². The van der Waals surface area contributed by atoms with Gasteiger partial charge in [0.25, 0.3) is 0 Å². The lowest BCUT2D eigenvalue weighted by Crippen LogP contribution is -2.29. The number of ether oxygens (including phenoxy) is 2. The highest BCUT2D eigenvalue weighted by atomic mass is 35.5. The number of nitrogens with one attached hydrogen (secondary N) is 1. The van der Waals surface area contributed by atoms with E-state index in [1.54, 1.807) is 14.2 Å². The third-order valence-corrected chi connectivity index (χ3v) is 4.30. The second kappa shape index (κ2) is 9.16. The van der Waals surface area contributed by atoms with E-state index >= 15 is 0 Å². The molecule has 4 heteroatoms. The highest BCUT2D eigenvalue weighted by Gasteiger charge is 2.24. The minimum absolute atomic E-state index is 0.243. The van der Waals surface area contributed by atoms with Gasteiger partial charge in [-0.3, -0.25) is 0 Å². The SMILES string of the molecule is CCCNC(c1cc(OC)c(OC)cc1Cl)C(CC)CC. The molecule has 0 aromatic heterocycles. The zero-order valence-corrected chi connectivity index (χ0v) is 14.6. The van der Waals surface area contributed by atoms with E-state index in [4.69, 9.17) is 21.1 Å². The lowest BCUT2D eigenvalue weighted by atomic mass is 9.88. The van der Waals surface area contributed by atoms with E-state index in [1.165, 1.54) is 0 Å². The van der Waals surface area contributed by atoms with Gasteiger partial charge in [-0.25, -0.2) is 0 Å². The van der Waals surface area contributed by atoms with Crippen molar-refractivity contribution in [2.45, 2.75) is 46.1 Å². The summed E-state index contributed by atoms with van der Waals surface area (Å²) in [5.74, 6) is 1.95. The number of hydrogen-bond donors (Lipinski definition) is 1. The fourth-order valence-electron chi connectivity index (χ4n) is 2.70. The molecule has 0 saturated carbocycles. The second-order valence-electron chi connectivity index (χ2n) is 5.24. The summed E-state index contributed by atoms with van der Waals surface area (Å²) in [6.07, 6.45) is 3.33. The fraction of sp³-hybridized carbons (Fsp3) is 0.647. The van der Waals surface area contributed by atoms with E-state index in [-0.39, 0.29) is 6.04 Å². The molecule has 1 N–H and O–H groups in total. The molecule has 0 amide bonds. The Morgan fingerprint density at radius 1 is 1.05 bits per heavy atom. The van der Waals surface area contributed by atoms with Crippen LogP contribution in [0.1, 0.15) is 51.6 Å². The van der Waals surface area contributed by atoms with Crippen LogP contribution in [-0.2, 0) is 0 Å². The van der Waals surface area contributed by atoms with Crippen molar-refractivity contribution in [2.75, 3.05) is 20.8 Å². The van der Waals surface area contributed by atoms with Crippen molar-refractivity contribution in [1.82, 2.24) is 5.32 Å². The van der Waals surface area contributed by atoms with Crippen LogP contribution in [0, 0.1) is 5.92 Å². The molecule has 0 heterocycles. The molecule has 1 unspecified atom stereocenters. The van der Waals surface area contributed by atoms with Gasteiger partial charge < -0.3 is 14.8 Å². The molecule has 0 spiro atoms. The van der Waals surface area contributed by atoms with Crippen LogP contribution in [0.5, 0.6) is 11.5 Å².